The molecular weight excluding hydrogens is 275 g/mol. The van der Waals surface area contributed by atoms with Crippen LogP contribution in [-0.2, 0) is 4.79 Å². The minimum absolute atomic E-state index is 0.207. The molecule has 0 aromatic heterocycles. The number of hydrogen-bond acceptors (Lipinski definition) is 2. The van der Waals surface area contributed by atoms with Gasteiger partial charge in [-0.05, 0) is 31.0 Å². The van der Waals surface area contributed by atoms with E-state index < -0.39 is 0 Å². The van der Waals surface area contributed by atoms with E-state index in [2.05, 4.69) is 0 Å². The van der Waals surface area contributed by atoms with Gasteiger partial charge in [0.15, 0.2) is 0 Å². The van der Waals surface area contributed by atoms with Crippen molar-refractivity contribution in [2.75, 3.05) is 11.4 Å². The number of nitrogens with zero attached hydrogens (tertiary/aromatic N) is 2. The van der Waals surface area contributed by atoms with Crippen LogP contribution in [0, 0.1) is 0 Å². The summed E-state index contributed by atoms with van der Waals surface area (Å²) in [6.07, 6.45) is 1.60. The Morgan fingerprint density at radius 3 is 2.72 bits per heavy atom. The molecule has 2 fully saturated rings. The molecule has 3 rings (SSSR count). The summed E-state index contributed by atoms with van der Waals surface area (Å²) in [4.78, 5) is 27.1. The second-order valence-electron chi connectivity index (χ2n) is 4.40. The maximum atomic E-state index is 12.2. The van der Waals surface area contributed by atoms with Crippen LogP contribution < -0.4 is 4.90 Å². The van der Waals surface area contributed by atoms with Gasteiger partial charge in [-0.3, -0.25) is 4.79 Å². The molecule has 1 unspecified atom stereocenters. The first-order chi connectivity index (χ1) is 8.59. The van der Waals surface area contributed by atoms with Crippen molar-refractivity contribution >= 4 is 40.8 Å². The van der Waals surface area contributed by atoms with Crippen LogP contribution in [0.4, 0.5) is 10.5 Å². The Bertz CT molecular complexity index is 525. The second-order valence-corrected chi connectivity index (χ2v) is 5.25. The number of carbonyl (C=O) groups excluding carboxylic acids is 2. The van der Waals surface area contributed by atoms with Crippen LogP contribution >= 0.6 is 23.2 Å². The van der Waals surface area contributed by atoms with E-state index in [1.54, 1.807) is 23.1 Å². The fourth-order valence-corrected chi connectivity index (χ4v) is 2.87. The number of amides is 3. The Kier molecular flexibility index (Phi) is 2.72. The molecule has 0 aliphatic carbocycles. The molecule has 2 heterocycles. The Hall–Kier alpha value is -1.26. The molecule has 0 spiro atoms. The van der Waals surface area contributed by atoms with Gasteiger partial charge in [-0.1, -0.05) is 23.2 Å². The SMILES string of the molecule is O=C1C2CCCN2C(=O)N1c1cc(Cl)ccc1Cl. The third kappa shape index (κ3) is 1.60. The topological polar surface area (TPSA) is 40.6 Å². The number of rotatable bonds is 1. The second kappa shape index (κ2) is 4.14. The van der Waals surface area contributed by atoms with E-state index in [4.69, 9.17) is 23.2 Å². The number of benzene rings is 1. The largest absolute Gasteiger partial charge is 0.332 e. The molecule has 0 saturated carbocycles. The van der Waals surface area contributed by atoms with Crippen molar-refractivity contribution in [1.82, 2.24) is 4.90 Å². The monoisotopic (exact) mass is 284 g/mol. The lowest BCUT2D eigenvalue weighted by Crippen LogP contribution is -2.33. The highest BCUT2D eigenvalue weighted by molar-refractivity contribution is 6.37. The fraction of sp³-hybridized carbons (Fsp3) is 0.333. The number of anilines is 1. The molecule has 3 amide bonds. The molecular formula is C12H10Cl2N2O2. The molecule has 18 heavy (non-hydrogen) atoms. The molecule has 0 N–H and O–H groups in total. The van der Waals surface area contributed by atoms with Crippen LogP contribution in [0.2, 0.25) is 10.0 Å². The molecule has 2 aliphatic heterocycles. The highest BCUT2D eigenvalue weighted by atomic mass is 35.5. The maximum Gasteiger partial charge on any atom is 0.332 e. The van der Waals surface area contributed by atoms with Gasteiger partial charge in [0.25, 0.3) is 5.91 Å². The Balaban J connectivity index is 2.05. The third-order valence-corrected chi connectivity index (χ3v) is 3.90. The summed E-state index contributed by atoms with van der Waals surface area (Å²) in [6, 6.07) is 4.13. The van der Waals surface area contributed by atoms with Gasteiger partial charge in [0, 0.05) is 11.6 Å². The molecule has 1 atom stereocenters. The van der Waals surface area contributed by atoms with Crippen LogP contribution in [0.1, 0.15) is 12.8 Å². The lowest BCUT2D eigenvalue weighted by atomic mass is 10.2. The van der Waals surface area contributed by atoms with Crippen molar-refractivity contribution in [3.63, 3.8) is 0 Å². The van der Waals surface area contributed by atoms with Crippen LogP contribution in [0.5, 0.6) is 0 Å². The van der Waals surface area contributed by atoms with Gasteiger partial charge in [-0.25, -0.2) is 9.69 Å². The quantitative estimate of drug-likeness (QED) is 0.744. The first kappa shape index (κ1) is 11.8. The van der Waals surface area contributed by atoms with Crippen molar-refractivity contribution in [1.29, 1.82) is 0 Å². The van der Waals surface area contributed by atoms with Crippen LogP contribution in [-0.4, -0.2) is 29.4 Å². The lowest BCUT2D eigenvalue weighted by molar-refractivity contribution is -0.119. The summed E-state index contributed by atoms with van der Waals surface area (Å²) >= 11 is 11.9. The molecule has 0 radical (unpaired) electrons. The van der Waals surface area contributed by atoms with Gasteiger partial charge in [-0.2, -0.15) is 0 Å². The number of imide groups is 1. The average molecular weight is 285 g/mol. The lowest BCUT2D eigenvalue weighted by Gasteiger charge is -2.16. The molecule has 4 nitrogen and oxygen atoms in total. The average Bonchev–Trinajstić information content (AvgIpc) is 2.89. The molecule has 1 aromatic carbocycles. The van der Waals surface area contributed by atoms with Crippen molar-refractivity contribution in [2.45, 2.75) is 18.9 Å². The van der Waals surface area contributed by atoms with Crippen molar-refractivity contribution in [3.8, 4) is 0 Å². The number of halogens is 2. The number of fused-ring (bicyclic) bond motifs is 1. The zero-order chi connectivity index (χ0) is 12.9. The summed E-state index contributed by atoms with van der Waals surface area (Å²) in [6.45, 7) is 0.629. The normalized spacial score (nSPS) is 22.9. The maximum absolute atomic E-state index is 12.2. The highest BCUT2D eigenvalue weighted by Crippen LogP contribution is 2.36. The molecule has 1 aromatic rings. The van der Waals surface area contributed by atoms with E-state index in [1.807, 2.05) is 0 Å². The van der Waals surface area contributed by atoms with Crippen LogP contribution in [0.25, 0.3) is 0 Å². The highest BCUT2D eigenvalue weighted by Gasteiger charge is 2.48. The van der Waals surface area contributed by atoms with Crippen LogP contribution in [0.3, 0.4) is 0 Å². The van der Waals surface area contributed by atoms with E-state index in [0.717, 1.165) is 17.7 Å². The molecule has 2 aliphatic rings. The summed E-state index contributed by atoms with van der Waals surface area (Å²) in [5.74, 6) is -0.207. The van der Waals surface area contributed by atoms with E-state index in [9.17, 15) is 9.59 Å². The van der Waals surface area contributed by atoms with E-state index in [1.165, 1.54) is 0 Å². The molecule has 0 bridgehead atoms. The van der Waals surface area contributed by atoms with Gasteiger partial charge in [-0.15, -0.1) is 0 Å². The minimum atomic E-state index is -0.326. The standard InChI is InChI=1S/C12H10Cl2N2O2/c13-7-3-4-8(14)10(6-7)16-11(17)9-2-1-5-15(9)12(16)18/h3-4,6,9H,1-2,5H2. The van der Waals surface area contributed by atoms with Gasteiger partial charge in [0.2, 0.25) is 0 Å². The minimum Gasteiger partial charge on any atom is -0.312 e. The number of carbonyl (C=O) groups is 2. The predicted octanol–water partition coefficient (Wildman–Crippen LogP) is 2.92. The third-order valence-electron chi connectivity index (χ3n) is 3.34. The van der Waals surface area contributed by atoms with Crippen molar-refractivity contribution in [2.24, 2.45) is 0 Å². The van der Waals surface area contributed by atoms with E-state index in [0.29, 0.717) is 22.3 Å². The van der Waals surface area contributed by atoms with Gasteiger partial charge in [0.05, 0.1) is 10.7 Å². The zero-order valence-electron chi connectivity index (χ0n) is 9.40. The number of urea groups is 1. The predicted molar refractivity (Wildman–Crippen MR) is 69.1 cm³/mol. The first-order valence-corrected chi connectivity index (χ1v) is 6.45. The van der Waals surface area contributed by atoms with Gasteiger partial charge in [0.1, 0.15) is 6.04 Å². The molecule has 94 valence electrons. The van der Waals surface area contributed by atoms with Crippen molar-refractivity contribution < 1.29 is 9.59 Å². The van der Waals surface area contributed by atoms with E-state index in [-0.39, 0.29) is 18.0 Å². The fourth-order valence-electron chi connectivity index (χ4n) is 2.50. The Morgan fingerprint density at radius 1 is 1.22 bits per heavy atom. The smallest absolute Gasteiger partial charge is 0.312 e. The summed E-state index contributed by atoms with van der Waals surface area (Å²) < 4.78 is 0. The summed E-state index contributed by atoms with van der Waals surface area (Å²) in [7, 11) is 0. The summed E-state index contributed by atoms with van der Waals surface area (Å²) in [5, 5.41) is 0.796. The molecule has 2 saturated heterocycles. The van der Waals surface area contributed by atoms with Gasteiger partial charge >= 0.3 is 6.03 Å². The Labute approximate surface area is 114 Å². The first-order valence-electron chi connectivity index (χ1n) is 5.69. The summed E-state index contributed by atoms with van der Waals surface area (Å²) in [5.41, 5.74) is 0.369. The van der Waals surface area contributed by atoms with Crippen LogP contribution in [0.15, 0.2) is 18.2 Å². The van der Waals surface area contributed by atoms with Gasteiger partial charge < -0.3 is 4.90 Å². The van der Waals surface area contributed by atoms with Crippen molar-refractivity contribution in [3.05, 3.63) is 28.2 Å². The Morgan fingerprint density at radius 2 is 2.00 bits per heavy atom. The molecule has 6 heteroatoms. The zero-order valence-corrected chi connectivity index (χ0v) is 10.9. The van der Waals surface area contributed by atoms with E-state index >= 15 is 0 Å². The number of hydrogen-bond donors (Lipinski definition) is 0.